The van der Waals surface area contributed by atoms with Crippen molar-refractivity contribution in [2.24, 2.45) is 0 Å². The van der Waals surface area contributed by atoms with Gasteiger partial charge in [-0.05, 0) is 50.2 Å². The Morgan fingerprint density at radius 2 is 1.89 bits per heavy atom. The number of aryl methyl sites for hydroxylation is 1. The van der Waals surface area contributed by atoms with Crippen LogP contribution in [0, 0.1) is 6.92 Å². The van der Waals surface area contributed by atoms with Gasteiger partial charge in [-0.3, -0.25) is 0 Å². The highest BCUT2D eigenvalue weighted by molar-refractivity contribution is 7.99. The van der Waals surface area contributed by atoms with Gasteiger partial charge >= 0.3 is 0 Å². The summed E-state index contributed by atoms with van der Waals surface area (Å²) in [5.41, 5.74) is 7.38. The number of anilines is 1. The molecular formula is C13H16N4OS. The first kappa shape index (κ1) is 13.6. The van der Waals surface area contributed by atoms with Crippen LogP contribution in [0.4, 0.5) is 5.69 Å². The lowest BCUT2D eigenvalue weighted by molar-refractivity contribution is 0.232. The van der Waals surface area contributed by atoms with Crippen LogP contribution in [0.5, 0.6) is 5.88 Å². The van der Waals surface area contributed by atoms with Crippen molar-refractivity contribution in [2.75, 3.05) is 5.73 Å². The highest BCUT2D eigenvalue weighted by Crippen LogP contribution is 2.28. The lowest BCUT2D eigenvalue weighted by atomic mass is 10.4. The van der Waals surface area contributed by atoms with E-state index in [4.69, 9.17) is 10.5 Å². The first-order valence-electron chi connectivity index (χ1n) is 5.94. The van der Waals surface area contributed by atoms with Gasteiger partial charge in [0, 0.05) is 12.4 Å². The number of hydrogen-bond acceptors (Lipinski definition) is 6. The zero-order valence-electron chi connectivity index (χ0n) is 11.1. The number of aromatic nitrogens is 3. The molecule has 2 aromatic rings. The van der Waals surface area contributed by atoms with Crippen molar-refractivity contribution in [2.45, 2.75) is 37.1 Å². The molecule has 0 radical (unpaired) electrons. The van der Waals surface area contributed by atoms with Crippen LogP contribution in [-0.4, -0.2) is 21.1 Å². The summed E-state index contributed by atoms with van der Waals surface area (Å²) in [7, 11) is 0. The molecule has 0 spiro atoms. The van der Waals surface area contributed by atoms with E-state index < -0.39 is 0 Å². The molecule has 6 heteroatoms. The zero-order chi connectivity index (χ0) is 13.8. The van der Waals surface area contributed by atoms with Gasteiger partial charge in [-0.1, -0.05) is 0 Å². The predicted molar refractivity (Wildman–Crippen MR) is 75.3 cm³/mol. The van der Waals surface area contributed by atoms with E-state index in [0.29, 0.717) is 16.7 Å². The Morgan fingerprint density at radius 3 is 2.53 bits per heavy atom. The molecule has 0 saturated carbocycles. The van der Waals surface area contributed by atoms with Gasteiger partial charge in [0.05, 0.1) is 11.8 Å². The molecule has 2 heterocycles. The third-order valence-electron chi connectivity index (χ3n) is 2.16. The third-order valence-corrected chi connectivity index (χ3v) is 2.99. The second-order valence-electron chi connectivity index (χ2n) is 4.36. The number of nitrogens with two attached hydrogens (primary N) is 1. The fourth-order valence-electron chi connectivity index (χ4n) is 1.34. The topological polar surface area (TPSA) is 73.9 Å². The van der Waals surface area contributed by atoms with Gasteiger partial charge in [0.15, 0.2) is 5.16 Å². The number of rotatable bonds is 4. The molecule has 0 bridgehead atoms. The van der Waals surface area contributed by atoms with Crippen molar-refractivity contribution in [3.05, 3.63) is 30.1 Å². The molecule has 19 heavy (non-hydrogen) atoms. The standard InChI is InChI=1S/C13H16N4OS/c1-8(2)18-12-10(14)4-5-11(17-12)19-13-15-6-9(3)7-16-13/h4-8H,14H2,1-3H3. The molecule has 100 valence electrons. The average molecular weight is 276 g/mol. The van der Waals surface area contributed by atoms with Crippen LogP contribution in [0.2, 0.25) is 0 Å². The summed E-state index contributed by atoms with van der Waals surface area (Å²) in [5.74, 6) is 0.451. The molecule has 2 N–H and O–H groups in total. The SMILES string of the molecule is Cc1cnc(Sc2ccc(N)c(OC(C)C)n2)nc1. The molecule has 2 aromatic heterocycles. The smallest absolute Gasteiger partial charge is 0.238 e. The molecular weight excluding hydrogens is 260 g/mol. The summed E-state index contributed by atoms with van der Waals surface area (Å²) in [4.78, 5) is 12.8. The highest BCUT2D eigenvalue weighted by Gasteiger charge is 2.08. The van der Waals surface area contributed by atoms with E-state index in [1.807, 2.05) is 26.8 Å². The lowest BCUT2D eigenvalue weighted by Crippen LogP contribution is -2.09. The summed E-state index contributed by atoms with van der Waals surface area (Å²) < 4.78 is 5.55. The number of pyridine rings is 1. The molecule has 0 amide bonds. The van der Waals surface area contributed by atoms with E-state index in [0.717, 1.165) is 10.6 Å². The number of hydrogen-bond donors (Lipinski definition) is 1. The van der Waals surface area contributed by atoms with Gasteiger partial charge in [0.2, 0.25) is 5.88 Å². The Labute approximate surface area is 116 Å². The van der Waals surface area contributed by atoms with Gasteiger partial charge < -0.3 is 10.5 Å². The Bertz CT molecular complexity index is 557. The predicted octanol–water partition coefficient (Wildman–Crippen LogP) is 2.70. The first-order valence-corrected chi connectivity index (χ1v) is 6.76. The molecule has 0 aliphatic carbocycles. The minimum absolute atomic E-state index is 0.0330. The summed E-state index contributed by atoms with van der Waals surface area (Å²) in [6, 6.07) is 3.61. The van der Waals surface area contributed by atoms with Crippen LogP contribution >= 0.6 is 11.8 Å². The molecule has 2 rings (SSSR count). The third kappa shape index (κ3) is 3.82. The summed E-state index contributed by atoms with van der Waals surface area (Å²) >= 11 is 1.38. The van der Waals surface area contributed by atoms with E-state index >= 15 is 0 Å². The van der Waals surface area contributed by atoms with Gasteiger partial charge in [0.25, 0.3) is 0 Å². The number of ether oxygens (including phenoxy) is 1. The van der Waals surface area contributed by atoms with Crippen LogP contribution in [0.3, 0.4) is 0 Å². The molecule has 0 fully saturated rings. The quantitative estimate of drug-likeness (QED) is 0.865. The maximum absolute atomic E-state index is 5.82. The average Bonchev–Trinajstić information content (AvgIpc) is 2.36. The molecule has 0 saturated heterocycles. The van der Waals surface area contributed by atoms with Crippen molar-refractivity contribution in [1.29, 1.82) is 0 Å². The van der Waals surface area contributed by atoms with E-state index in [1.165, 1.54) is 11.8 Å². The van der Waals surface area contributed by atoms with Crippen molar-refractivity contribution in [1.82, 2.24) is 15.0 Å². The number of nitrogens with zero attached hydrogens (tertiary/aromatic N) is 3. The summed E-state index contributed by atoms with van der Waals surface area (Å²) in [6.45, 7) is 5.82. The van der Waals surface area contributed by atoms with Crippen LogP contribution in [-0.2, 0) is 0 Å². The van der Waals surface area contributed by atoms with Crippen molar-refractivity contribution < 1.29 is 4.74 Å². The van der Waals surface area contributed by atoms with Crippen molar-refractivity contribution in [3.8, 4) is 5.88 Å². The number of nitrogen functional groups attached to an aromatic ring is 1. The lowest BCUT2D eigenvalue weighted by Gasteiger charge is -2.11. The van der Waals surface area contributed by atoms with Crippen LogP contribution in [0.25, 0.3) is 0 Å². The molecule has 0 atom stereocenters. The van der Waals surface area contributed by atoms with Gasteiger partial charge in [0.1, 0.15) is 5.03 Å². The van der Waals surface area contributed by atoms with E-state index in [2.05, 4.69) is 15.0 Å². The van der Waals surface area contributed by atoms with E-state index in [1.54, 1.807) is 18.5 Å². The maximum atomic E-state index is 5.82. The van der Waals surface area contributed by atoms with Crippen molar-refractivity contribution in [3.63, 3.8) is 0 Å². The molecule has 0 aromatic carbocycles. The Hall–Kier alpha value is -1.82. The normalized spacial score (nSPS) is 10.7. The fraction of sp³-hybridized carbons (Fsp3) is 0.308. The molecule has 0 aliphatic rings. The Balaban J connectivity index is 2.18. The second-order valence-corrected chi connectivity index (χ2v) is 5.34. The van der Waals surface area contributed by atoms with Crippen LogP contribution < -0.4 is 10.5 Å². The minimum atomic E-state index is 0.0330. The van der Waals surface area contributed by atoms with Crippen LogP contribution in [0.15, 0.2) is 34.7 Å². The summed E-state index contributed by atoms with van der Waals surface area (Å²) in [5, 5.41) is 1.41. The Kier molecular flexibility index (Phi) is 4.21. The van der Waals surface area contributed by atoms with Crippen LogP contribution in [0.1, 0.15) is 19.4 Å². The largest absolute Gasteiger partial charge is 0.473 e. The maximum Gasteiger partial charge on any atom is 0.238 e. The first-order chi connectivity index (χ1) is 9.04. The van der Waals surface area contributed by atoms with Gasteiger partial charge in [-0.15, -0.1) is 0 Å². The molecule has 5 nitrogen and oxygen atoms in total. The molecule has 0 aliphatic heterocycles. The zero-order valence-corrected chi connectivity index (χ0v) is 11.9. The Morgan fingerprint density at radius 1 is 1.21 bits per heavy atom. The van der Waals surface area contributed by atoms with E-state index in [9.17, 15) is 0 Å². The summed E-state index contributed by atoms with van der Waals surface area (Å²) in [6.07, 6.45) is 3.58. The van der Waals surface area contributed by atoms with Gasteiger partial charge in [-0.25, -0.2) is 15.0 Å². The second kappa shape index (κ2) is 5.88. The highest BCUT2D eigenvalue weighted by atomic mass is 32.2. The van der Waals surface area contributed by atoms with E-state index in [-0.39, 0.29) is 6.10 Å². The van der Waals surface area contributed by atoms with Gasteiger partial charge in [-0.2, -0.15) is 0 Å². The minimum Gasteiger partial charge on any atom is -0.473 e. The fourth-order valence-corrected chi connectivity index (χ4v) is 2.00. The monoisotopic (exact) mass is 276 g/mol. The molecule has 0 unspecified atom stereocenters. The van der Waals surface area contributed by atoms with Crippen molar-refractivity contribution >= 4 is 17.4 Å².